The molecule has 0 spiro atoms. The second kappa shape index (κ2) is 3.37. The molecule has 1 aliphatic carbocycles. The second-order valence-electron chi connectivity index (χ2n) is 4.06. The topological polar surface area (TPSA) is 49.9 Å². The number of nitrogens with zero attached hydrogens (tertiary/aromatic N) is 1. The van der Waals surface area contributed by atoms with Gasteiger partial charge in [0.15, 0.2) is 0 Å². The van der Waals surface area contributed by atoms with Crippen molar-refractivity contribution >= 4 is 0 Å². The highest BCUT2D eigenvalue weighted by Gasteiger charge is 2.27. The van der Waals surface area contributed by atoms with Gasteiger partial charge in [0.2, 0.25) is 0 Å². The SMILES string of the molecule is c1nc(C2CNCCO2)[nH]c1C1CC1. The summed E-state index contributed by atoms with van der Waals surface area (Å²) in [5.41, 5.74) is 1.29. The van der Waals surface area contributed by atoms with E-state index < -0.39 is 0 Å². The van der Waals surface area contributed by atoms with Gasteiger partial charge in [0.05, 0.1) is 6.61 Å². The quantitative estimate of drug-likeness (QED) is 0.735. The first-order chi connectivity index (χ1) is 6.93. The maximum absolute atomic E-state index is 5.62. The summed E-state index contributed by atoms with van der Waals surface area (Å²) in [5.74, 6) is 1.73. The van der Waals surface area contributed by atoms with Crippen molar-refractivity contribution < 1.29 is 4.74 Å². The van der Waals surface area contributed by atoms with Crippen molar-refractivity contribution in [3.8, 4) is 0 Å². The lowest BCUT2D eigenvalue weighted by Crippen LogP contribution is -2.33. The number of rotatable bonds is 2. The molecule has 2 N–H and O–H groups in total. The molecule has 0 bridgehead atoms. The fourth-order valence-electron chi connectivity index (χ4n) is 1.86. The predicted octanol–water partition coefficient (Wildman–Crippen LogP) is 0.948. The number of morpholine rings is 1. The lowest BCUT2D eigenvalue weighted by atomic mass is 10.3. The van der Waals surface area contributed by atoms with Crippen molar-refractivity contribution in [3.05, 3.63) is 17.7 Å². The van der Waals surface area contributed by atoms with Gasteiger partial charge in [-0.05, 0) is 12.8 Å². The van der Waals surface area contributed by atoms with Gasteiger partial charge in [-0.25, -0.2) is 4.98 Å². The Bertz CT molecular complexity index is 313. The van der Waals surface area contributed by atoms with Gasteiger partial charge in [-0.3, -0.25) is 0 Å². The van der Waals surface area contributed by atoms with Gasteiger partial charge >= 0.3 is 0 Å². The van der Waals surface area contributed by atoms with Gasteiger partial charge in [-0.2, -0.15) is 0 Å². The van der Waals surface area contributed by atoms with Crippen LogP contribution in [0.1, 0.15) is 36.4 Å². The Balaban J connectivity index is 1.74. The number of ether oxygens (including phenoxy) is 1. The van der Waals surface area contributed by atoms with Crippen molar-refractivity contribution in [2.75, 3.05) is 19.7 Å². The van der Waals surface area contributed by atoms with E-state index in [1.807, 2.05) is 6.20 Å². The molecule has 2 heterocycles. The summed E-state index contributed by atoms with van der Waals surface area (Å²) in [6, 6.07) is 0. The van der Waals surface area contributed by atoms with E-state index in [1.54, 1.807) is 0 Å². The third-order valence-corrected chi connectivity index (χ3v) is 2.86. The fraction of sp³-hybridized carbons (Fsp3) is 0.700. The molecule has 0 aromatic carbocycles. The van der Waals surface area contributed by atoms with E-state index in [4.69, 9.17) is 4.74 Å². The van der Waals surface area contributed by atoms with Crippen LogP contribution in [0, 0.1) is 0 Å². The molecule has 76 valence electrons. The summed E-state index contributed by atoms with van der Waals surface area (Å²) in [4.78, 5) is 7.75. The van der Waals surface area contributed by atoms with E-state index in [-0.39, 0.29) is 6.10 Å². The van der Waals surface area contributed by atoms with E-state index in [1.165, 1.54) is 18.5 Å². The molecular weight excluding hydrogens is 178 g/mol. The third-order valence-electron chi connectivity index (χ3n) is 2.86. The van der Waals surface area contributed by atoms with Crippen LogP contribution in [-0.2, 0) is 4.74 Å². The highest BCUT2D eigenvalue weighted by Crippen LogP contribution is 2.39. The van der Waals surface area contributed by atoms with Gasteiger partial charge in [0, 0.05) is 30.9 Å². The van der Waals surface area contributed by atoms with Gasteiger partial charge in [-0.15, -0.1) is 0 Å². The average molecular weight is 193 g/mol. The third kappa shape index (κ3) is 1.55. The first kappa shape index (κ1) is 8.44. The minimum atomic E-state index is 0.122. The molecule has 1 aromatic heterocycles. The zero-order valence-electron chi connectivity index (χ0n) is 8.12. The molecule has 0 radical (unpaired) electrons. The molecule has 2 fully saturated rings. The molecular formula is C10H15N3O. The zero-order chi connectivity index (χ0) is 9.38. The number of hydrogen-bond acceptors (Lipinski definition) is 3. The van der Waals surface area contributed by atoms with Crippen LogP contribution < -0.4 is 5.32 Å². The summed E-state index contributed by atoms with van der Waals surface area (Å²) in [5, 5.41) is 3.30. The number of H-pyrrole nitrogens is 1. The second-order valence-corrected chi connectivity index (χ2v) is 4.06. The Kier molecular flexibility index (Phi) is 2.03. The fourth-order valence-corrected chi connectivity index (χ4v) is 1.86. The Morgan fingerprint density at radius 2 is 2.36 bits per heavy atom. The van der Waals surface area contributed by atoms with Gasteiger partial charge < -0.3 is 15.0 Å². The molecule has 1 unspecified atom stereocenters. The smallest absolute Gasteiger partial charge is 0.136 e. The molecule has 1 saturated carbocycles. The molecule has 14 heavy (non-hydrogen) atoms. The maximum Gasteiger partial charge on any atom is 0.136 e. The summed E-state index contributed by atoms with van der Waals surface area (Å²) in [6.07, 6.45) is 4.71. The van der Waals surface area contributed by atoms with Crippen LogP contribution in [0.4, 0.5) is 0 Å². The first-order valence-electron chi connectivity index (χ1n) is 5.30. The standard InChI is InChI=1S/C10H15N3O/c1-2-7(1)8-5-12-10(13-8)9-6-11-3-4-14-9/h5,7,9,11H,1-4,6H2,(H,12,13). The summed E-state index contributed by atoms with van der Waals surface area (Å²) >= 11 is 0. The van der Waals surface area contributed by atoms with E-state index >= 15 is 0 Å². The number of nitrogens with one attached hydrogen (secondary N) is 2. The van der Waals surface area contributed by atoms with E-state index in [2.05, 4.69) is 15.3 Å². The van der Waals surface area contributed by atoms with Crippen molar-refractivity contribution in [2.24, 2.45) is 0 Å². The Labute approximate surface area is 83.1 Å². The van der Waals surface area contributed by atoms with Crippen molar-refractivity contribution in [2.45, 2.75) is 24.9 Å². The van der Waals surface area contributed by atoms with Gasteiger partial charge in [-0.1, -0.05) is 0 Å². The Hall–Kier alpha value is -0.870. The van der Waals surface area contributed by atoms with Gasteiger partial charge in [0.25, 0.3) is 0 Å². The maximum atomic E-state index is 5.62. The minimum Gasteiger partial charge on any atom is -0.368 e. The van der Waals surface area contributed by atoms with Crippen LogP contribution >= 0.6 is 0 Å². The van der Waals surface area contributed by atoms with E-state index in [9.17, 15) is 0 Å². The van der Waals surface area contributed by atoms with Crippen molar-refractivity contribution in [1.29, 1.82) is 0 Å². The summed E-state index contributed by atoms with van der Waals surface area (Å²) < 4.78 is 5.62. The molecule has 3 rings (SSSR count). The molecule has 4 heteroatoms. The minimum absolute atomic E-state index is 0.122. The van der Waals surface area contributed by atoms with Crippen molar-refractivity contribution in [3.63, 3.8) is 0 Å². The monoisotopic (exact) mass is 193 g/mol. The lowest BCUT2D eigenvalue weighted by Gasteiger charge is -2.21. The van der Waals surface area contributed by atoms with Crippen LogP contribution in [0.15, 0.2) is 6.20 Å². The molecule has 1 saturated heterocycles. The number of imidazole rings is 1. The van der Waals surface area contributed by atoms with Crippen LogP contribution in [-0.4, -0.2) is 29.7 Å². The molecule has 4 nitrogen and oxygen atoms in total. The number of hydrogen-bond donors (Lipinski definition) is 2. The van der Waals surface area contributed by atoms with Crippen molar-refractivity contribution in [1.82, 2.24) is 15.3 Å². The molecule has 1 aliphatic heterocycles. The Morgan fingerprint density at radius 1 is 1.43 bits per heavy atom. The average Bonchev–Trinajstić information content (AvgIpc) is 2.98. The molecule has 0 amide bonds. The van der Waals surface area contributed by atoms with Crippen LogP contribution in [0.3, 0.4) is 0 Å². The normalized spacial score (nSPS) is 27.9. The number of aromatic nitrogens is 2. The number of aromatic amines is 1. The predicted molar refractivity (Wildman–Crippen MR) is 52.1 cm³/mol. The van der Waals surface area contributed by atoms with Crippen LogP contribution in [0.5, 0.6) is 0 Å². The largest absolute Gasteiger partial charge is 0.368 e. The first-order valence-corrected chi connectivity index (χ1v) is 5.30. The lowest BCUT2D eigenvalue weighted by molar-refractivity contribution is 0.0226. The highest BCUT2D eigenvalue weighted by atomic mass is 16.5. The zero-order valence-corrected chi connectivity index (χ0v) is 8.12. The van der Waals surface area contributed by atoms with E-state index in [0.717, 1.165) is 31.4 Å². The molecule has 2 aliphatic rings. The van der Waals surface area contributed by atoms with Crippen LogP contribution in [0.2, 0.25) is 0 Å². The molecule has 1 atom stereocenters. The molecule has 1 aromatic rings. The van der Waals surface area contributed by atoms with Crippen LogP contribution in [0.25, 0.3) is 0 Å². The summed E-state index contributed by atoms with van der Waals surface area (Å²) in [6.45, 7) is 2.61. The van der Waals surface area contributed by atoms with Gasteiger partial charge in [0.1, 0.15) is 11.9 Å². The summed E-state index contributed by atoms with van der Waals surface area (Å²) in [7, 11) is 0. The highest BCUT2D eigenvalue weighted by molar-refractivity contribution is 5.14. The van der Waals surface area contributed by atoms with E-state index in [0.29, 0.717) is 0 Å². The Morgan fingerprint density at radius 3 is 3.07 bits per heavy atom.